The maximum absolute atomic E-state index is 11.8. The minimum Gasteiger partial charge on any atom is -0.465 e. The lowest BCUT2D eigenvalue weighted by atomic mass is 10.1. The molecule has 0 saturated carbocycles. The van der Waals surface area contributed by atoms with Crippen molar-refractivity contribution in [2.45, 2.75) is 32.4 Å². The molecule has 0 spiro atoms. The van der Waals surface area contributed by atoms with Crippen LogP contribution in [0.4, 0.5) is 9.59 Å². The number of hydrogen-bond donors (Lipinski definition) is 3. The summed E-state index contributed by atoms with van der Waals surface area (Å²) in [7, 11) is 0. The zero-order valence-corrected chi connectivity index (χ0v) is 11.8. The Morgan fingerprint density at radius 2 is 1.85 bits per heavy atom. The van der Waals surface area contributed by atoms with E-state index in [1.165, 1.54) is 0 Å². The molecule has 0 radical (unpaired) electrons. The van der Waals surface area contributed by atoms with Crippen LogP contribution in [0.5, 0.6) is 0 Å². The normalized spacial score (nSPS) is 12.3. The number of carbonyl (C=O) groups excluding carboxylic acids is 1. The van der Waals surface area contributed by atoms with Crippen molar-refractivity contribution in [3.63, 3.8) is 0 Å². The Morgan fingerprint density at radius 3 is 2.35 bits per heavy atom. The third-order valence-corrected chi connectivity index (χ3v) is 2.35. The maximum Gasteiger partial charge on any atom is 0.408 e. The highest BCUT2D eigenvalue weighted by Crippen LogP contribution is 2.13. The molecular formula is C14H20N2O4. The number of carbonyl (C=O) groups is 2. The van der Waals surface area contributed by atoms with Crippen LogP contribution in [0, 0.1) is 0 Å². The number of amides is 2. The molecule has 1 aromatic rings. The number of rotatable bonds is 4. The van der Waals surface area contributed by atoms with E-state index in [1.807, 2.05) is 30.3 Å². The largest absolute Gasteiger partial charge is 0.465 e. The van der Waals surface area contributed by atoms with Gasteiger partial charge in [-0.3, -0.25) is 0 Å². The number of benzene rings is 1. The summed E-state index contributed by atoms with van der Waals surface area (Å²) < 4.78 is 5.17. The summed E-state index contributed by atoms with van der Waals surface area (Å²) in [6, 6.07) is 8.62. The molecule has 0 saturated heterocycles. The average Bonchev–Trinajstić information content (AvgIpc) is 2.33. The minimum atomic E-state index is -1.14. The van der Waals surface area contributed by atoms with Crippen LogP contribution in [0.1, 0.15) is 32.4 Å². The average molecular weight is 280 g/mol. The van der Waals surface area contributed by atoms with E-state index in [4.69, 9.17) is 9.84 Å². The van der Waals surface area contributed by atoms with Crippen LogP contribution in [0.25, 0.3) is 0 Å². The summed E-state index contributed by atoms with van der Waals surface area (Å²) in [5, 5.41) is 13.6. The van der Waals surface area contributed by atoms with Crippen molar-refractivity contribution in [1.29, 1.82) is 0 Å². The monoisotopic (exact) mass is 280 g/mol. The van der Waals surface area contributed by atoms with Crippen LogP contribution in [-0.2, 0) is 4.74 Å². The van der Waals surface area contributed by atoms with E-state index in [9.17, 15) is 9.59 Å². The Bertz CT molecular complexity index is 454. The lowest BCUT2D eigenvalue weighted by Gasteiger charge is -2.23. The molecule has 6 heteroatoms. The molecule has 1 aromatic carbocycles. The van der Waals surface area contributed by atoms with Gasteiger partial charge in [-0.25, -0.2) is 9.59 Å². The smallest absolute Gasteiger partial charge is 0.408 e. The summed E-state index contributed by atoms with van der Waals surface area (Å²) in [6.45, 7) is 5.36. The predicted molar refractivity (Wildman–Crippen MR) is 74.6 cm³/mol. The van der Waals surface area contributed by atoms with E-state index in [1.54, 1.807) is 20.8 Å². The van der Waals surface area contributed by atoms with Gasteiger partial charge in [0.25, 0.3) is 0 Å². The number of nitrogens with one attached hydrogen (secondary N) is 2. The van der Waals surface area contributed by atoms with Gasteiger partial charge in [0.05, 0.1) is 6.04 Å². The molecule has 20 heavy (non-hydrogen) atoms. The number of hydrogen-bond acceptors (Lipinski definition) is 3. The molecule has 0 aliphatic carbocycles. The van der Waals surface area contributed by atoms with Gasteiger partial charge >= 0.3 is 12.2 Å². The molecule has 0 heterocycles. The van der Waals surface area contributed by atoms with Gasteiger partial charge < -0.3 is 20.5 Å². The van der Waals surface area contributed by atoms with Crippen molar-refractivity contribution in [2.24, 2.45) is 0 Å². The zero-order valence-electron chi connectivity index (χ0n) is 11.8. The number of carboxylic acid groups (broad SMARTS) is 1. The second-order valence-corrected chi connectivity index (χ2v) is 5.30. The number of alkyl carbamates (subject to hydrolysis) is 1. The van der Waals surface area contributed by atoms with E-state index in [2.05, 4.69) is 10.6 Å². The Balaban J connectivity index is 2.73. The van der Waals surface area contributed by atoms with Gasteiger partial charge in [0.1, 0.15) is 5.60 Å². The minimum absolute atomic E-state index is 0.0680. The molecule has 0 fully saturated rings. The SMILES string of the molecule is CC(C)(C)OC(=O)NC(CNC(=O)O)c1ccccc1. The molecule has 6 nitrogen and oxygen atoms in total. The summed E-state index contributed by atoms with van der Waals surface area (Å²) in [6.07, 6.45) is -1.73. The van der Waals surface area contributed by atoms with E-state index in [0.29, 0.717) is 0 Å². The van der Waals surface area contributed by atoms with E-state index >= 15 is 0 Å². The van der Waals surface area contributed by atoms with E-state index < -0.39 is 23.8 Å². The third-order valence-electron chi connectivity index (χ3n) is 2.35. The molecule has 2 amide bonds. The zero-order chi connectivity index (χ0) is 15.2. The standard InChI is InChI=1S/C14H20N2O4/c1-14(2,3)20-13(19)16-11(9-15-12(17)18)10-7-5-4-6-8-10/h4-8,11,15H,9H2,1-3H3,(H,16,19)(H,17,18). The van der Waals surface area contributed by atoms with Gasteiger partial charge in [-0.15, -0.1) is 0 Å². The predicted octanol–water partition coefficient (Wildman–Crippen LogP) is 2.52. The van der Waals surface area contributed by atoms with Crippen LogP contribution in [0.15, 0.2) is 30.3 Å². The highest BCUT2D eigenvalue weighted by molar-refractivity contribution is 5.69. The molecule has 110 valence electrons. The molecular weight excluding hydrogens is 260 g/mol. The molecule has 0 aliphatic heterocycles. The summed E-state index contributed by atoms with van der Waals surface area (Å²) in [5.74, 6) is 0. The first kappa shape index (κ1) is 15.8. The molecule has 1 unspecified atom stereocenters. The summed E-state index contributed by atoms with van der Waals surface area (Å²) >= 11 is 0. The van der Waals surface area contributed by atoms with Gasteiger partial charge in [-0.05, 0) is 26.3 Å². The lowest BCUT2D eigenvalue weighted by molar-refractivity contribution is 0.0502. The van der Waals surface area contributed by atoms with Gasteiger partial charge in [0.15, 0.2) is 0 Å². The first-order chi connectivity index (χ1) is 9.28. The van der Waals surface area contributed by atoms with Gasteiger partial charge in [-0.1, -0.05) is 30.3 Å². The molecule has 1 rings (SSSR count). The highest BCUT2D eigenvalue weighted by atomic mass is 16.6. The summed E-state index contributed by atoms with van der Waals surface area (Å²) in [5.41, 5.74) is 0.193. The fourth-order valence-electron chi connectivity index (χ4n) is 1.58. The van der Waals surface area contributed by atoms with Crippen molar-refractivity contribution in [3.05, 3.63) is 35.9 Å². The molecule has 3 N–H and O–H groups in total. The molecule has 1 atom stereocenters. The quantitative estimate of drug-likeness (QED) is 0.790. The van der Waals surface area contributed by atoms with Gasteiger partial charge in [0.2, 0.25) is 0 Å². The van der Waals surface area contributed by atoms with Gasteiger partial charge in [-0.2, -0.15) is 0 Å². The molecule has 0 bridgehead atoms. The lowest BCUT2D eigenvalue weighted by Crippen LogP contribution is -2.40. The second-order valence-electron chi connectivity index (χ2n) is 5.30. The molecule has 0 aromatic heterocycles. The van der Waals surface area contributed by atoms with Crippen molar-refractivity contribution in [1.82, 2.24) is 10.6 Å². The first-order valence-corrected chi connectivity index (χ1v) is 6.29. The van der Waals surface area contributed by atoms with Gasteiger partial charge in [0, 0.05) is 6.54 Å². The third kappa shape index (κ3) is 6.08. The Labute approximate surface area is 118 Å². The van der Waals surface area contributed by atoms with Crippen LogP contribution in [0.3, 0.4) is 0 Å². The second kappa shape index (κ2) is 6.79. The summed E-state index contributed by atoms with van der Waals surface area (Å²) in [4.78, 5) is 22.4. The van der Waals surface area contributed by atoms with Crippen LogP contribution in [0.2, 0.25) is 0 Å². The van der Waals surface area contributed by atoms with Crippen molar-refractivity contribution >= 4 is 12.2 Å². The van der Waals surface area contributed by atoms with E-state index in [0.717, 1.165) is 5.56 Å². The van der Waals surface area contributed by atoms with Crippen LogP contribution >= 0.6 is 0 Å². The molecule has 0 aliphatic rings. The first-order valence-electron chi connectivity index (χ1n) is 6.29. The van der Waals surface area contributed by atoms with Crippen molar-refractivity contribution < 1.29 is 19.4 Å². The topological polar surface area (TPSA) is 87.7 Å². The van der Waals surface area contributed by atoms with E-state index in [-0.39, 0.29) is 6.54 Å². The Morgan fingerprint density at radius 1 is 1.25 bits per heavy atom. The fraction of sp³-hybridized carbons (Fsp3) is 0.429. The Hall–Kier alpha value is -2.24. The maximum atomic E-state index is 11.8. The van der Waals surface area contributed by atoms with Crippen LogP contribution < -0.4 is 10.6 Å². The Kier molecular flexibility index (Phi) is 5.37. The van der Waals surface area contributed by atoms with Crippen molar-refractivity contribution in [3.8, 4) is 0 Å². The fourth-order valence-corrected chi connectivity index (χ4v) is 1.58. The van der Waals surface area contributed by atoms with Crippen LogP contribution in [-0.4, -0.2) is 29.4 Å². The highest BCUT2D eigenvalue weighted by Gasteiger charge is 2.20. The van der Waals surface area contributed by atoms with Crippen molar-refractivity contribution in [2.75, 3.05) is 6.54 Å². The number of ether oxygens (including phenoxy) is 1.